The van der Waals surface area contributed by atoms with Crippen molar-refractivity contribution in [2.24, 2.45) is 0 Å². The molecule has 0 radical (unpaired) electrons. The van der Waals surface area contributed by atoms with Gasteiger partial charge in [-0.15, -0.1) is 12.4 Å². The molecule has 0 bridgehead atoms. The second-order valence-electron chi connectivity index (χ2n) is 5.19. The Balaban J connectivity index is 0.00000180. The Morgan fingerprint density at radius 3 is 2.37 bits per heavy atom. The van der Waals surface area contributed by atoms with E-state index < -0.39 is 5.60 Å². The minimum absolute atomic E-state index is 0. The summed E-state index contributed by atoms with van der Waals surface area (Å²) >= 11 is 0. The minimum atomic E-state index is -0.687. The van der Waals surface area contributed by atoms with Crippen molar-refractivity contribution in [2.75, 3.05) is 19.6 Å². The summed E-state index contributed by atoms with van der Waals surface area (Å²) < 4.78 is 0. The SMILES string of the molecule is CC(=O)CCN1CCC(O)(c2ccccc2)CC1.Cl. The molecule has 0 amide bonds. The van der Waals surface area contributed by atoms with Gasteiger partial charge in [-0.1, -0.05) is 30.3 Å². The summed E-state index contributed by atoms with van der Waals surface area (Å²) in [6.07, 6.45) is 2.10. The second kappa shape index (κ2) is 7.04. The van der Waals surface area contributed by atoms with Crippen molar-refractivity contribution < 1.29 is 9.90 Å². The van der Waals surface area contributed by atoms with E-state index in [9.17, 15) is 9.90 Å². The van der Waals surface area contributed by atoms with Crippen LogP contribution in [0.25, 0.3) is 0 Å². The van der Waals surface area contributed by atoms with Gasteiger partial charge < -0.3 is 10.0 Å². The van der Waals surface area contributed by atoms with Crippen LogP contribution in [0.15, 0.2) is 30.3 Å². The number of hydrogen-bond donors (Lipinski definition) is 1. The van der Waals surface area contributed by atoms with Gasteiger partial charge in [0.05, 0.1) is 5.60 Å². The first-order valence-corrected chi connectivity index (χ1v) is 6.60. The molecule has 1 fully saturated rings. The number of halogens is 1. The van der Waals surface area contributed by atoms with Crippen LogP contribution in [0.2, 0.25) is 0 Å². The number of rotatable bonds is 4. The van der Waals surface area contributed by atoms with Gasteiger partial charge in [0.25, 0.3) is 0 Å². The number of aliphatic hydroxyl groups is 1. The quantitative estimate of drug-likeness (QED) is 0.922. The zero-order valence-electron chi connectivity index (χ0n) is 11.3. The molecule has 1 aliphatic heterocycles. The third kappa shape index (κ3) is 4.30. The van der Waals surface area contributed by atoms with Gasteiger partial charge in [0, 0.05) is 26.1 Å². The van der Waals surface area contributed by atoms with Crippen molar-refractivity contribution in [3.05, 3.63) is 35.9 Å². The first-order valence-electron chi connectivity index (χ1n) is 6.60. The summed E-state index contributed by atoms with van der Waals surface area (Å²) in [7, 11) is 0. The Labute approximate surface area is 121 Å². The molecule has 0 atom stereocenters. The molecule has 4 heteroatoms. The first-order chi connectivity index (χ1) is 8.60. The van der Waals surface area contributed by atoms with Gasteiger partial charge in [0.2, 0.25) is 0 Å². The summed E-state index contributed by atoms with van der Waals surface area (Å²) in [6.45, 7) is 4.17. The van der Waals surface area contributed by atoms with Gasteiger partial charge >= 0.3 is 0 Å². The lowest BCUT2D eigenvalue weighted by Gasteiger charge is -2.38. The van der Waals surface area contributed by atoms with Gasteiger partial charge in [-0.25, -0.2) is 0 Å². The van der Waals surface area contributed by atoms with E-state index in [1.165, 1.54) is 0 Å². The van der Waals surface area contributed by atoms with E-state index >= 15 is 0 Å². The summed E-state index contributed by atoms with van der Waals surface area (Å²) in [5.74, 6) is 0.235. The molecule has 0 aromatic heterocycles. The molecule has 0 spiro atoms. The van der Waals surface area contributed by atoms with Crippen LogP contribution < -0.4 is 0 Å². The van der Waals surface area contributed by atoms with Crippen molar-refractivity contribution in [3.8, 4) is 0 Å². The standard InChI is InChI=1S/C15H21NO2.ClH/c1-13(17)7-10-16-11-8-15(18,9-12-16)14-5-3-2-4-6-14;/h2-6,18H,7-12H2,1H3;1H. The number of piperidine rings is 1. The van der Waals surface area contributed by atoms with Crippen molar-refractivity contribution >= 4 is 18.2 Å². The highest BCUT2D eigenvalue weighted by Gasteiger charge is 2.33. The number of likely N-dealkylation sites (tertiary alicyclic amines) is 1. The monoisotopic (exact) mass is 283 g/mol. The Kier molecular flexibility index (Phi) is 5.98. The molecular weight excluding hydrogens is 262 g/mol. The number of nitrogens with zero attached hydrogens (tertiary/aromatic N) is 1. The molecule has 0 aliphatic carbocycles. The molecule has 106 valence electrons. The number of ketones is 1. The highest BCUT2D eigenvalue weighted by Crippen LogP contribution is 2.32. The van der Waals surface area contributed by atoms with Gasteiger partial charge in [-0.2, -0.15) is 0 Å². The fourth-order valence-corrected chi connectivity index (χ4v) is 2.50. The third-order valence-electron chi connectivity index (χ3n) is 3.77. The maximum absolute atomic E-state index is 11.0. The van der Waals surface area contributed by atoms with E-state index in [2.05, 4.69) is 4.90 Å². The predicted molar refractivity (Wildman–Crippen MR) is 78.6 cm³/mol. The number of benzene rings is 1. The van der Waals surface area contributed by atoms with E-state index in [-0.39, 0.29) is 18.2 Å². The summed E-state index contributed by atoms with van der Waals surface area (Å²) in [4.78, 5) is 13.2. The number of carbonyl (C=O) groups excluding carboxylic acids is 1. The summed E-state index contributed by atoms with van der Waals surface area (Å²) in [5.41, 5.74) is 0.324. The molecule has 1 N–H and O–H groups in total. The van der Waals surface area contributed by atoms with Crippen LogP contribution in [-0.4, -0.2) is 35.4 Å². The van der Waals surface area contributed by atoms with E-state index in [0.29, 0.717) is 6.42 Å². The van der Waals surface area contributed by atoms with Crippen molar-refractivity contribution in [1.82, 2.24) is 4.90 Å². The maximum Gasteiger partial charge on any atom is 0.131 e. The van der Waals surface area contributed by atoms with Crippen molar-refractivity contribution in [3.63, 3.8) is 0 Å². The van der Waals surface area contributed by atoms with Crippen LogP contribution in [0.3, 0.4) is 0 Å². The fraction of sp³-hybridized carbons (Fsp3) is 0.533. The number of carbonyl (C=O) groups is 1. The minimum Gasteiger partial charge on any atom is -0.385 e. The number of hydrogen-bond acceptors (Lipinski definition) is 3. The van der Waals surface area contributed by atoms with Crippen LogP contribution in [0.1, 0.15) is 31.7 Å². The number of Topliss-reactive ketones (excluding diaryl/α,β-unsaturated/α-hetero) is 1. The lowest BCUT2D eigenvalue weighted by molar-refractivity contribution is -0.117. The Morgan fingerprint density at radius 1 is 1.26 bits per heavy atom. The molecule has 2 rings (SSSR count). The van der Waals surface area contributed by atoms with E-state index in [1.54, 1.807) is 6.92 Å². The molecule has 1 aliphatic rings. The fourth-order valence-electron chi connectivity index (χ4n) is 2.50. The highest BCUT2D eigenvalue weighted by atomic mass is 35.5. The topological polar surface area (TPSA) is 40.5 Å². The molecule has 1 heterocycles. The summed E-state index contributed by atoms with van der Waals surface area (Å²) in [6, 6.07) is 9.89. The van der Waals surface area contributed by atoms with Gasteiger partial charge in [0.15, 0.2) is 0 Å². The zero-order valence-corrected chi connectivity index (χ0v) is 12.2. The van der Waals surface area contributed by atoms with E-state index in [0.717, 1.165) is 38.0 Å². The third-order valence-corrected chi connectivity index (χ3v) is 3.77. The van der Waals surface area contributed by atoms with Crippen LogP contribution in [0.4, 0.5) is 0 Å². The average molecular weight is 284 g/mol. The molecule has 0 saturated carbocycles. The maximum atomic E-state index is 11.0. The van der Waals surface area contributed by atoms with E-state index in [4.69, 9.17) is 0 Å². The van der Waals surface area contributed by atoms with E-state index in [1.807, 2.05) is 30.3 Å². The molecular formula is C15H22ClNO2. The van der Waals surface area contributed by atoms with Crippen LogP contribution >= 0.6 is 12.4 Å². The van der Waals surface area contributed by atoms with Crippen LogP contribution in [-0.2, 0) is 10.4 Å². The highest BCUT2D eigenvalue weighted by molar-refractivity contribution is 5.85. The summed E-state index contributed by atoms with van der Waals surface area (Å²) in [5, 5.41) is 10.6. The smallest absolute Gasteiger partial charge is 0.131 e. The van der Waals surface area contributed by atoms with Crippen LogP contribution in [0.5, 0.6) is 0 Å². The van der Waals surface area contributed by atoms with Crippen molar-refractivity contribution in [2.45, 2.75) is 31.8 Å². The molecule has 1 aromatic rings. The first kappa shape index (κ1) is 16.2. The Bertz CT molecular complexity index is 400. The Morgan fingerprint density at radius 2 is 1.84 bits per heavy atom. The van der Waals surface area contributed by atoms with Gasteiger partial charge in [0.1, 0.15) is 5.78 Å². The van der Waals surface area contributed by atoms with Crippen LogP contribution in [0, 0.1) is 0 Å². The molecule has 3 nitrogen and oxygen atoms in total. The lowest BCUT2D eigenvalue weighted by Crippen LogP contribution is -2.43. The zero-order chi connectivity index (χ0) is 13.0. The molecule has 19 heavy (non-hydrogen) atoms. The van der Waals surface area contributed by atoms with Gasteiger partial charge in [-0.3, -0.25) is 4.79 Å². The predicted octanol–water partition coefficient (Wildman–Crippen LogP) is 2.37. The normalized spacial score (nSPS) is 18.6. The average Bonchev–Trinajstić information content (AvgIpc) is 2.39. The molecule has 0 unspecified atom stereocenters. The van der Waals surface area contributed by atoms with Crippen molar-refractivity contribution in [1.29, 1.82) is 0 Å². The largest absolute Gasteiger partial charge is 0.385 e. The van der Waals surface area contributed by atoms with Gasteiger partial charge in [-0.05, 0) is 25.3 Å². The lowest BCUT2D eigenvalue weighted by atomic mass is 9.84. The molecule has 1 aromatic carbocycles. The second-order valence-corrected chi connectivity index (χ2v) is 5.19. The molecule has 1 saturated heterocycles. The Hall–Kier alpha value is -0.900.